The van der Waals surface area contributed by atoms with E-state index in [-0.39, 0.29) is 0 Å². The van der Waals surface area contributed by atoms with Gasteiger partial charge in [-0.05, 0) is 37.6 Å². The molecule has 0 fully saturated rings. The van der Waals surface area contributed by atoms with Crippen molar-refractivity contribution in [2.45, 2.75) is 19.8 Å². The van der Waals surface area contributed by atoms with Crippen molar-refractivity contribution >= 4 is 12.6 Å². The predicted molar refractivity (Wildman–Crippen MR) is 74.2 cm³/mol. The van der Waals surface area contributed by atoms with Crippen LogP contribution in [0, 0.1) is 0 Å². The second-order valence-electron chi connectivity index (χ2n) is 4.45. The number of rotatable bonds is 8. The zero-order chi connectivity index (χ0) is 13.4. The van der Waals surface area contributed by atoms with E-state index in [2.05, 4.69) is 18.9 Å². The third-order valence-corrected chi connectivity index (χ3v) is 2.81. The zero-order valence-corrected chi connectivity index (χ0v) is 11.2. The van der Waals surface area contributed by atoms with E-state index in [0.29, 0.717) is 12.1 Å². The van der Waals surface area contributed by atoms with Crippen LogP contribution in [-0.2, 0) is 0 Å². The van der Waals surface area contributed by atoms with E-state index in [0.717, 1.165) is 18.8 Å². The van der Waals surface area contributed by atoms with E-state index in [1.165, 1.54) is 12.8 Å². The molecular weight excluding hydrogens is 229 g/mol. The number of ether oxygens (including phenoxy) is 1. The average molecular weight is 251 g/mol. The molecule has 18 heavy (non-hydrogen) atoms. The first kappa shape index (κ1) is 15.0. The third kappa shape index (κ3) is 5.53. The van der Waals surface area contributed by atoms with Crippen molar-refractivity contribution in [2.24, 2.45) is 0 Å². The average Bonchev–Trinajstić information content (AvgIpc) is 2.37. The molecule has 0 heterocycles. The van der Waals surface area contributed by atoms with E-state index < -0.39 is 7.12 Å². The SMILES string of the molecule is CCCCN(C)CCOc1ccc(B(O)O)cc1. The molecule has 1 aromatic carbocycles. The Morgan fingerprint density at radius 2 is 1.83 bits per heavy atom. The van der Waals surface area contributed by atoms with E-state index >= 15 is 0 Å². The lowest BCUT2D eigenvalue weighted by atomic mass is 9.80. The lowest BCUT2D eigenvalue weighted by molar-refractivity contribution is 0.235. The molecule has 4 nitrogen and oxygen atoms in total. The quantitative estimate of drug-likeness (QED) is 0.660. The van der Waals surface area contributed by atoms with Crippen molar-refractivity contribution in [1.82, 2.24) is 4.90 Å². The predicted octanol–water partition coefficient (Wildman–Crippen LogP) is 0.477. The maximum atomic E-state index is 8.95. The van der Waals surface area contributed by atoms with Gasteiger partial charge in [-0.15, -0.1) is 0 Å². The number of hydrogen-bond acceptors (Lipinski definition) is 4. The zero-order valence-electron chi connectivity index (χ0n) is 11.2. The minimum absolute atomic E-state index is 0.474. The second-order valence-corrected chi connectivity index (χ2v) is 4.45. The first-order valence-corrected chi connectivity index (χ1v) is 6.41. The molecule has 0 aliphatic carbocycles. The Bertz CT molecular complexity index is 330. The summed E-state index contributed by atoms with van der Waals surface area (Å²) in [5.74, 6) is 0.753. The molecule has 100 valence electrons. The molecule has 0 aliphatic rings. The van der Waals surface area contributed by atoms with Crippen molar-refractivity contribution < 1.29 is 14.8 Å². The molecule has 0 aromatic heterocycles. The minimum atomic E-state index is -1.42. The summed E-state index contributed by atoms with van der Waals surface area (Å²) in [5, 5.41) is 17.9. The van der Waals surface area contributed by atoms with Crippen molar-refractivity contribution in [1.29, 1.82) is 0 Å². The number of unbranched alkanes of at least 4 members (excludes halogenated alkanes) is 1. The lowest BCUT2D eigenvalue weighted by Gasteiger charge is -2.16. The van der Waals surface area contributed by atoms with Gasteiger partial charge < -0.3 is 19.7 Å². The number of nitrogens with zero attached hydrogens (tertiary/aromatic N) is 1. The maximum absolute atomic E-state index is 8.95. The van der Waals surface area contributed by atoms with Crippen molar-refractivity contribution in [3.8, 4) is 5.75 Å². The first-order valence-electron chi connectivity index (χ1n) is 6.41. The molecule has 0 aliphatic heterocycles. The molecule has 0 saturated heterocycles. The fraction of sp³-hybridized carbons (Fsp3) is 0.538. The van der Waals surface area contributed by atoms with Gasteiger partial charge in [-0.1, -0.05) is 25.5 Å². The van der Waals surface area contributed by atoms with Gasteiger partial charge in [0.2, 0.25) is 0 Å². The van der Waals surface area contributed by atoms with Crippen molar-refractivity contribution in [3.63, 3.8) is 0 Å². The topological polar surface area (TPSA) is 52.9 Å². The standard InChI is InChI=1S/C13H22BNO3/c1-3-4-9-15(2)10-11-18-13-7-5-12(6-8-13)14(16)17/h5-8,16-17H,3-4,9-11H2,1-2H3. The van der Waals surface area contributed by atoms with Crippen LogP contribution in [0.25, 0.3) is 0 Å². The van der Waals surface area contributed by atoms with Gasteiger partial charge >= 0.3 is 7.12 Å². The summed E-state index contributed by atoms with van der Waals surface area (Å²) in [6, 6.07) is 6.81. The molecule has 0 amide bonds. The number of likely N-dealkylation sites (N-methyl/N-ethyl adjacent to an activating group) is 1. The largest absolute Gasteiger partial charge is 0.492 e. The first-order chi connectivity index (χ1) is 8.63. The Morgan fingerprint density at radius 3 is 2.39 bits per heavy atom. The fourth-order valence-electron chi connectivity index (χ4n) is 1.60. The van der Waals surface area contributed by atoms with Gasteiger partial charge in [0.05, 0.1) is 0 Å². The third-order valence-electron chi connectivity index (χ3n) is 2.81. The van der Waals surface area contributed by atoms with Crippen molar-refractivity contribution in [2.75, 3.05) is 26.7 Å². The van der Waals surface area contributed by atoms with Gasteiger partial charge in [-0.3, -0.25) is 0 Å². The summed E-state index contributed by atoms with van der Waals surface area (Å²) in [4.78, 5) is 2.25. The van der Waals surface area contributed by atoms with Crippen LogP contribution < -0.4 is 10.2 Å². The van der Waals surface area contributed by atoms with Crippen LogP contribution in [-0.4, -0.2) is 48.8 Å². The molecule has 0 atom stereocenters. The summed E-state index contributed by atoms with van der Waals surface area (Å²) in [6.07, 6.45) is 2.41. The molecule has 0 spiro atoms. The molecule has 2 N–H and O–H groups in total. The maximum Gasteiger partial charge on any atom is 0.488 e. The normalized spacial score (nSPS) is 10.7. The van der Waals surface area contributed by atoms with E-state index in [9.17, 15) is 0 Å². The van der Waals surface area contributed by atoms with E-state index in [4.69, 9.17) is 14.8 Å². The highest BCUT2D eigenvalue weighted by atomic mass is 16.5. The highest BCUT2D eigenvalue weighted by Crippen LogP contribution is 2.07. The number of benzene rings is 1. The summed E-state index contributed by atoms with van der Waals surface area (Å²) in [7, 11) is 0.670. The van der Waals surface area contributed by atoms with E-state index in [1.54, 1.807) is 24.3 Å². The highest BCUT2D eigenvalue weighted by molar-refractivity contribution is 6.58. The molecule has 0 radical (unpaired) electrons. The van der Waals surface area contributed by atoms with Crippen LogP contribution in [0.15, 0.2) is 24.3 Å². The smallest absolute Gasteiger partial charge is 0.488 e. The summed E-state index contributed by atoms with van der Waals surface area (Å²) in [6.45, 7) is 4.81. The molecule has 0 unspecified atom stereocenters. The van der Waals surface area contributed by atoms with Gasteiger partial charge in [0, 0.05) is 6.54 Å². The Kier molecular flexibility index (Phi) is 6.79. The summed E-state index contributed by atoms with van der Waals surface area (Å²) in [5.41, 5.74) is 0.474. The molecular formula is C13H22BNO3. The molecule has 0 bridgehead atoms. The highest BCUT2D eigenvalue weighted by Gasteiger charge is 2.09. The molecule has 5 heteroatoms. The van der Waals surface area contributed by atoms with Crippen LogP contribution in [0.1, 0.15) is 19.8 Å². The van der Waals surface area contributed by atoms with Gasteiger partial charge in [-0.2, -0.15) is 0 Å². The Labute approximate surface area is 109 Å². The Hall–Kier alpha value is -1.04. The van der Waals surface area contributed by atoms with Gasteiger partial charge in [-0.25, -0.2) is 0 Å². The second kappa shape index (κ2) is 8.13. The molecule has 0 saturated carbocycles. The van der Waals surface area contributed by atoms with Crippen LogP contribution in [0.3, 0.4) is 0 Å². The van der Waals surface area contributed by atoms with Gasteiger partial charge in [0.25, 0.3) is 0 Å². The van der Waals surface area contributed by atoms with Crippen LogP contribution >= 0.6 is 0 Å². The van der Waals surface area contributed by atoms with Gasteiger partial charge in [0.1, 0.15) is 12.4 Å². The minimum Gasteiger partial charge on any atom is -0.492 e. The summed E-state index contributed by atoms with van der Waals surface area (Å²) < 4.78 is 5.59. The molecule has 1 aromatic rings. The van der Waals surface area contributed by atoms with Crippen LogP contribution in [0.2, 0.25) is 0 Å². The van der Waals surface area contributed by atoms with E-state index in [1.807, 2.05) is 0 Å². The van der Waals surface area contributed by atoms with Gasteiger partial charge in [0.15, 0.2) is 0 Å². The summed E-state index contributed by atoms with van der Waals surface area (Å²) >= 11 is 0. The Balaban J connectivity index is 2.26. The lowest BCUT2D eigenvalue weighted by Crippen LogP contribution is -2.29. The fourth-order valence-corrected chi connectivity index (χ4v) is 1.60. The van der Waals surface area contributed by atoms with Crippen LogP contribution in [0.5, 0.6) is 5.75 Å². The number of hydrogen-bond donors (Lipinski definition) is 2. The Morgan fingerprint density at radius 1 is 1.17 bits per heavy atom. The van der Waals surface area contributed by atoms with Crippen LogP contribution in [0.4, 0.5) is 0 Å². The molecule has 1 rings (SSSR count). The van der Waals surface area contributed by atoms with Crippen molar-refractivity contribution in [3.05, 3.63) is 24.3 Å². The monoisotopic (exact) mass is 251 g/mol.